The molecule has 1 aliphatic rings. The van der Waals surface area contributed by atoms with Crippen LogP contribution in [0.5, 0.6) is 0 Å². The maximum Gasteiger partial charge on any atom is 0.320 e. The second-order valence-electron chi connectivity index (χ2n) is 4.98. The summed E-state index contributed by atoms with van der Waals surface area (Å²) in [6, 6.07) is 7.04. The third kappa shape index (κ3) is 2.70. The van der Waals surface area contributed by atoms with E-state index in [1.165, 1.54) is 4.90 Å². The summed E-state index contributed by atoms with van der Waals surface area (Å²) in [5.41, 5.74) is 1.93. The number of piperazine rings is 1. The average Bonchev–Trinajstić information content (AvgIpc) is 2.37. The van der Waals surface area contributed by atoms with Crippen LogP contribution in [-0.2, 0) is 4.79 Å². The highest BCUT2D eigenvalue weighted by Gasteiger charge is 2.34. The molecule has 1 saturated heterocycles. The highest BCUT2D eigenvalue weighted by atomic mass is 16.2. The van der Waals surface area contributed by atoms with Gasteiger partial charge in [0.1, 0.15) is 6.04 Å². The molecule has 5 heteroatoms. The Balaban J connectivity index is 2.36. The van der Waals surface area contributed by atoms with E-state index in [-0.39, 0.29) is 11.9 Å². The normalized spacial score (nSPS) is 19.0. The summed E-state index contributed by atoms with van der Waals surface area (Å²) in [5.74, 6) is -0.118. The maximum atomic E-state index is 12.2. The fraction of sp³-hybridized carbons (Fsp3) is 0.429. The Bertz CT molecular complexity index is 499. The topological polar surface area (TPSA) is 52.7 Å². The van der Waals surface area contributed by atoms with E-state index in [1.807, 2.05) is 31.2 Å². The molecule has 3 amide bonds. The van der Waals surface area contributed by atoms with Crippen LogP contribution in [0.2, 0.25) is 0 Å². The number of amides is 3. The fourth-order valence-corrected chi connectivity index (χ4v) is 2.30. The molecule has 0 aliphatic carbocycles. The number of hydrogen-bond acceptors (Lipinski definition) is 2. The van der Waals surface area contributed by atoms with Crippen molar-refractivity contribution in [2.45, 2.75) is 13.0 Å². The van der Waals surface area contributed by atoms with Gasteiger partial charge in [-0.15, -0.1) is 0 Å². The molecule has 1 fully saturated rings. The zero-order valence-electron chi connectivity index (χ0n) is 11.5. The van der Waals surface area contributed by atoms with Gasteiger partial charge in [-0.1, -0.05) is 29.8 Å². The van der Waals surface area contributed by atoms with Gasteiger partial charge in [-0.3, -0.25) is 4.79 Å². The van der Waals surface area contributed by atoms with E-state index < -0.39 is 6.04 Å². The van der Waals surface area contributed by atoms with E-state index in [9.17, 15) is 9.59 Å². The van der Waals surface area contributed by atoms with E-state index >= 15 is 0 Å². The Labute approximate surface area is 113 Å². The van der Waals surface area contributed by atoms with Gasteiger partial charge in [-0.05, 0) is 12.5 Å². The van der Waals surface area contributed by atoms with Crippen LogP contribution >= 0.6 is 0 Å². The first-order valence-corrected chi connectivity index (χ1v) is 6.33. The first-order chi connectivity index (χ1) is 9.00. The van der Waals surface area contributed by atoms with Crippen LogP contribution in [0.3, 0.4) is 0 Å². The standard InChI is InChI=1S/C14H19N3O2/c1-10-5-4-6-11(9-10)12-13(18)15-7-8-17(12)14(19)16(2)3/h4-6,9,12H,7-8H2,1-3H3,(H,15,18). The van der Waals surface area contributed by atoms with Gasteiger partial charge in [0.25, 0.3) is 0 Å². The van der Waals surface area contributed by atoms with Gasteiger partial charge in [0.2, 0.25) is 5.91 Å². The molecule has 1 aromatic rings. The third-order valence-electron chi connectivity index (χ3n) is 3.20. The highest BCUT2D eigenvalue weighted by Crippen LogP contribution is 2.24. The summed E-state index contributed by atoms with van der Waals surface area (Å²) in [5, 5.41) is 2.82. The van der Waals surface area contributed by atoms with Gasteiger partial charge in [0.05, 0.1) is 0 Å². The van der Waals surface area contributed by atoms with Crippen molar-refractivity contribution in [2.75, 3.05) is 27.2 Å². The van der Waals surface area contributed by atoms with E-state index in [0.717, 1.165) is 11.1 Å². The Morgan fingerprint density at radius 1 is 1.42 bits per heavy atom. The van der Waals surface area contributed by atoms with Crippen molar-refractivity contribution in [3.8, 4) is 0 Å². The van der Waals surface area contributed by atoms with Crippen LogP contribution < -0.4 is 5.32 Å². The molecule has 0 saturated carbocycles. The van der Waals surface area contributed by atoms with Crippen LogP contribution in [-0.4, -0.2) is 48.9 Å². The van der Waals surface area contributed by atoms with E-state index in [0.29, 0.717) is 13.1 Å². The largest absolute Gasteiger partial charge is 0.352 e. The maximum absolute atomic E-state index is 12.2. The van der Waals surface area contributed by atoms with Crippen LogP contribution in [0.15, 0.2) is 24.3 Å². The average molecular weight is 261 g/mol. The lowest BCUT2D eigenvalue weighted by Gasteiger charge is -2.36. The van der Waals surface area contributed by atoms with Gasteiger partial charge >= 0.3 is 6.03 Å². The molecule has 0 spiro atoms. The van der Waals surface area contributed by atoms with Crippen molar-refractivity contribution < 1.29 is 9.59 Å². The van der Waals surface area contributed by atoms with Crippen LogP contribution in [0.4, 0.5) is 4.79 Å². The van der Waals surface area contributed by atoms with E-state index in [1.54, 1.807) is 19.0 Å². The predicted molar refractivity (Wildman–Crippen MR) is 72.7 cm³/mol. The summed E-state index contributed by atoms with van der Waals surface area (Å²) in [6.45, 7) is 3.00. The Morgan fingerprint density at radius 3 is 2.79 bits per heavy atom. The monoisotopic (exact) mass is 261 g/mol. The van der Waals surface area contributed by atoms with E-state index in [2.05, 4.69) is 5.32 Å². The number of rotatable bonds is 1. The first kappa shape index (κ1) is 13.4. The van der Waals surface area contributed by atoms with Crippen molar-refractivity contribution in [2.24, 2.45) is 0 Å². The van der Waals surface area contributed by atoms with Crippen LogP contribution in [0.1, 0.15) is 17.2 Å². The van der Waals surface area contributed by atoms with Crippen molar-refractivity contribution >= 4 is 11.9 Å². The van der Waals surface area contributed by atoms with Gasteiger partial charge in [0, 0.05) is 27.2 Å². The zero-order chi connectivity index (χ0) is 14.0. The summed E-state index contributed by atoms with van der Waals surface area (Å²) < 4.78 is 0. The summed E-state index contributed by atoms with van der Waals surface area (Å²) in [7, 11) is 3.39. The number of benzene rings is 1. The zero-order valence-corrected chi connectivity index (χ0v) is 11.5. The number of urea groups is 1. The third-order valence-corrected chi connectivity index (χ3v) is 3.20. The SMILES string of the molecule is Cc1cccc(C2C(=O)NCCN2C(=O)N(C)C)c1. The minimum Gasteiger partial charge on any atom is -0.352 e. The molecule has 1 N–H and O–H groups in total. The molecule has 1 unspecified atom stereocenters. The molecule has 1 atom stereocenters. The minimum atomic E-state index is -0.538. The molecule has 102 valence electrons. The Kier molecular flexibility index (Phi) is 3.74. The fourth-order valence-electron chi connectivity index (χ4n) is 2.30. The molecular formula is C14H19N3O2. The first-order valence-electron chi connectivity index (χ1n) is 6.33. The smallest absolute Gasteiger partial charge is 0.320 e. The molecule has 1 heterocycles. The lowest BCUT2D eigenvalue weighted by atomic mass is 10.0. The van der Waals surface area contributed by atoms with Crippen molar-refractivity contribution in [1.29, 1.82) is 0 Å². The van der Waals surface area contributed by atoms with Crippen molar-refractivity contribution in [1.82, 2.24) is 15.1 Å². The molecule has 0 bridgehead atoms. The molecule has 0 radical (unpaired) electrons. The summed E-state index contributed by atoms with van der Waals surface area (Å²) in [4.78, 5) is 27.4. The lowest BCUT2D eigenvalue weighted by Crippen LogP contribution is -2.54. The van der Waals surface area contributed by atoms with E-state index in [4.69, 9.17) is 0 Å². The van der Waals surface area contributed by atoms with Gasteiger partial charge in [-0.2, -0.15) is 0 Å². The molecule has 1 aromatic carbocycles. The number of nitrogens with zero attached hydrogens (tertiary/aromatic N) is 2. The molecule has 5 nitrogen and oxygen atoms in total. The molecule has 0 aromatic heterocycles. The second-order valence-corrected chi connectivity index (χ2v) is 4.98. The summed E-state index contributed by atoms with van der Waals surface area (Å²) >= 11 is 0. The number of hydrogen-bond donors (Lipinski definition) is 1. The summed E-state index contributed by atoms with van der Waals surface area (Å²) in [6.07, 6.45) is 0. The van der Waals surface area contributed by atoms with Gasteiger partial charge < -0.3 is 15.1 Å². The predicted octanol–water partition coefficient (Wildman–Crippen LogP) is 1.15. The van der Waals surface area contributed by atoms with Crippen molar-refractivity contribution in [3.63, 3.8) is 0 Å². The number of nitrogens with one attached hydrogen (secondary N) is 1. The minimum absolute atomic E-state index is 0.118. The second kappa shape index (κ2) is 5.30. The van der Waals surface area contributed by atoms with Crippen molar-refractivity contribution in [3.05, 3.63) is 35.4 Å². The highest BCUT2D eigenvalue weighted by molar-refractivity contribution is 5.89. The van der Waals surface area contributed by atoms with Gasteiger partial charge in [-0.25, -0.2) is 4.79 Å². The Morgan fingerprint density at radius 2 is 2.16 bits per heavy atom. The lowest BCUT2D eigenvalue weighted by molar-refractivity contribution is -0.128. The molecule has 19 heavy (non-hydrogen) atoms. The molecule has 1 aliphatic heterocycles. The number of carbonyl (C=O) groups is 2. The van der Waals surface area contributed by atoms with Crippen LogP contribution in [0.25, 0.3) is 0 Å². The molecule has 2 rings (SSSR count). The quantitative estimate of drug-likeness (QED) is 0.824. The Hall–Kier alpha value is -2.04. The molecular weight excluding hydrogens is 242 g/mol. The number of aryl methyl sites for hydroxylation is 1. The van der Waals surface area contributed by atoms with Crippen LogP contribution in [0, 0.1) is 6.92 Å². The number of carbonyl (C=O) groups excluding carboxylic acids is 2. The van der Waals surface area contributed by atoms with Gasteiger partial charge in [0.15, 0.2) is 0 Å².